The minimum atomic E-state index is 0.896. The van der Waals surface area contributed by atoms with Crippen LogP contribution in [0, 0.1) is 0 Å². The first-order valence-electron chi connectivity index (χ1n) is 17.7. The molecule has 0 aliphatic carbocycles. The maximum absolute atomic E-state index is 6.43. The summed E-state index contributed by atoms with van der Waals surface area (Å²) in [7, 11) is 0. The van der Waals surface area contributed by atoms with Crippen molar-refractivity contribution >= 4 is 72.9 Å². The standard InChI is InChI=1S/C48H33N3O/c1-2-12-43-38(28-24-33-13-11-17-40-39-16-5-8-21-47(39)52-48(33)40)41-31-35(51-44-19-6-3-14-36(44)37-15-4-7-20-45(37)51)27-29-46(41)50(43)34-25-22-32(23-26-34)42-18-9-10-30-49-42/h2-31H,1H3/b12-2-,28-24+. The molecule has 0 N–H and O–H groups in total. The van der Waals surface area contributed by atoms with Crippen LogP contribution in [0.5, 0.6) is 0 Å². The van der Waals surface area contributed by atoms with Crippen molar-refractivity contribution in [3.8, 4) is 22.6 Å². The van der Waals surface area contributed by atoms with E-state index < -0.39 is 0 Å². The van der Waals surface area contributed by atoms with E-state index in [0.29, 0.717) is 0 Å². The largest absolute Gasteiger partial charge is 0.455 e. The van der Waals surface area contributed by atoms with Gasteiger partial charge >= 0.3 is 0 Å². The fourth-order valence-electron chi connectivity index (χ4n) is 7.83. The van der Waals surface area contributed by atoms with Crippen molar-refractivity contribution in [3.63, 3.8) is 0 Å². The molecule has 0 amide bonds. The van der Waals surface area contributed by atoms with Crippen LogP contribution in [0.4, 0.5) is 0 Å². The summed E-state index contributed by atoms with van der Waals surface area (Å²) < 4.78 is 11.2. The van der Waals surface area contributed by atoms with Gasteiger partial charge in [0.15, 0.2) is 0 Å². The zero-order valence-electron chi connectivity index (χ0n) is 28.6. The molecule has 10 aromatic rings. The quantitative estimate of drug-likeness (QED) is 0.177. The Hall–Kier alpha value is -6.91. The molecule has 0 atom stereocenters. The molecule has 4 nitrogen and oxygen atoms in total. The number of fused-ring (bicyclic) bond motifs is 7. The molecule has 0 fully saturated rings. The Bertz CT molecular complexity index is 2960. The smallest absolute Gasteiger partial charge is 0.142 e. The van der Waals surface area contributed by atoms with Gasteiger partial charge in [-0.15, -0.1) is 0 Å². The lowest BCUT2D eigenvalue weighted by atomic mass is 10.1. The molecule has 0 bridgehead atoms. The number of allylic oxidation sites excluding steroid dienone is 1. The van der Waals surface area contributed by atoms with Gasteiger partial charge in [-0.1, -0.05) is 109 Å². The Morgan fingerprint density at radius 3 is 1.94 bits per heavy atom. The van der Waals surface area contributed by atoms with Gasteiger partial charge in [0.05, 0.1) is 27.9 Å². The maximum atomic E-state index is 6.43. The monoisotopic (exact) mass is 667 g/mol. The van der Waals surface area contributed by atoms with Crippen molar-refractivity contribution in [2.45, 2.75) is 6.92 Å². The lowest BCUT2D eigenvalue weighted by molar-refractivity contribution is 0.668. The summed E-state index contributed by atoms with van der Waals surface area (Å²) in [5, 5.41) is 5.91. The van der Waals surface area contributed by atoms with Crippen molar-refractivity contribution < 1.29 is 4.42 Å². The summed E-state index contributed by atoms with van der Waals surface area (Å²) in [5.41, 5.74) is 12.8. The van der Waals surface area contributed by atoms with E-state index in [1.54, 1.807) is 0 Å². The van der Waals surface area contributed by atoms with Crippen molar-refractivity contribution in [3.05, 3.63) is 181 Å². The summed E-state index contributed by atoms with van der Waals surface area (Å²) in [6.07, 6.45) is 10.6. The molecule has 0 radical (unpaired) electrons. The third-order valence-corrected chi connectivity index (χ3v) is 10.1. The summed E-state index contributed by atoms with van der Waals surface area (Å²) in [4.78, 5) is 4.58. The molecular formula is C48H33N3O. The number of para-hydroxylation sites is 4. The average molecular weight is 668 g/mol. The minimum absolute atomic E-state index is 0.896. The molecule has 0 unspecified atom stereocenters. The lowest BCUT2D eigenvalue weighted by Gasteiger charge is -2.11. The van der Waals surface area contributed by atoms with Crippen LogP contribution in [0.3, 0.4) is 0 Å². The molecule has 0 aliphatic heterocycles. The maximum Gasteiger partial charge on any atom is 0.142 e. The average Bonchev–Trinajstić information content (AvgIpc) is 3.85. The Morgan fingerprint density at radius 2 is 1.19 bits per heavy atom. The number of furan rings is 1. The molecule has 246 valence electrons. The third kappa shape index (κ3) is 4.73. The molecule has 4 heteroatoms. The molecule has 4 aromatic heterocycles. The molecule has 0 spiro atoms. The second kappa shape index (κ2) is 12.1. The van der Waals surface area contributed by atoms with Crippen LogP contribution in [-0.4, -0.2) is 14.1 Å². The highest BCUT2D eigenvalue weighted by atomic mass is 16.3. The van der Waals surface area contributed by atoms with E-state index in [1.165, 1.54) is 21.8 Å². The summed E-state index contributed by atoms with van der Waals surface area (Å²) >= 11 is 0. The summed E-state index contributed by atoms with van der Waals surface area (Å²) in [6, 6.07) is 53.6. The fourth-order valence-corrected chi connectivity index (χ4v) is 7.83. The zero-order chi connectivity index (χ0) is 34.6. The molecule has 52 heavy (non-hydrogen) atoms. The van der Waals surface area contributed by atoms with E-state index in [4.69, 9.17) is 4.42 Å². The summed E-state index contributed by atoms with van der Waals surface area (Å²) in [6.45, 7) is 2.08. The molecule has 0 saturated heterocycles. The lowest BCUT2D eigenvalue weighted by Crippen LogP contribution is -1.98. The summed E-state index contributed by atoms with van der Waals surface area (Å²) in [5.74, 6) is 0. The van der Waals surface area contributed by atoms with Crippen LogP contribution in [0.25, 0.3) is 95.5 Å². The second-order valence-corrected chi connectivity index (χ2v) is 13.1. The van der Waals surface area contributed by atoms with Gasteiger partial charge in [0.25, 0.3) is 0 Å². The van der Waals surface area contributed by atoms with E-state index in [2.05, 4.69) is 167 Å². The first kappa shape index (κ1) is 30.0. The molecule has 10 rings (SSSR count). The van der Waals surface area contributed by atoms with Gasteiger partial charge in [0.1, 0.15) is 11.2 Å². The Kier molecular flexibility index (Phi) is 7.00. The van der Waals surface area contributed by atoms with E-state index in [9.17, 15) is 0 Å². The predicted molar refractivity (Wildman–Crippen MR) is 218 cm³/mol. The topological polar surface area (TPSA) is 35.9 Å². The van der Waals surface area contributed by atoms with Crippen LogP contribution in [0.1, 0.15) is 23.7 Å². The van der Waals surface area contributed by atoms with Gasteiger partial charge < -0.3 is 13.6 Å². The number of benzene rings is 6. The molecule has 4 heterocycles. The van der Waals surface area contributed by atoms with Crippen LogP contribution < -0.4 is 0 Å². The van der Waals surface area contributed by atoms with Crippen molar-refractivity contribution in [2.24, 2.45) is 0 Å². The van der Waals surface area contributed by atoms with Crippen molar-refractivity contribution in [1.29, 1.82) is 0 Å². The molecule has 0 aliphatic rings. The van der Waals surface area contributed by atoms with Crippen LogP contribution >= 0.6 is 0 Å². The molecule has 6 aromatic carbocycles. The van der Waals surface area contributed by atoms with E-state index in [1.807, 2.05) is 36.5 Å². The van der Waals surface area contributed by atoms with Gasteiger partial charge in [-0.2, -0.15) is 0 Å². The van der Waals surface area contributed by atoms with Gasteiger partial charge in [0.2, 0.25) is 0 Å². The number of pyridine rings is 1. The highest BCUT2D eigenvalue weighted by Crippen LogP contribution is 2.38. The number of rotatable bonds is 6. The van der Waals surface area contributed by atoms with Crippen LogP contribution in [0.2, 0.25) is 0 Å². The second-order valence-electron chi connectivity index (χ2n) is 13.1. The van der Waals surface area contributed by atoms with Crippen LogP contribution in [-0.2, 0) is 0 Å². The number of hydrogen-bond donors (Lipinski definition) is 0. The first-order chi connectivity index (χ1) is 25.8. The predicted octanol–water partition coefficient (Wildman–Crippen LogP) is 12.9. The number of hydrogen-bond acceptors (Lipinski definition) is 2. The number of aromatic nitrogens is 3. The highest BCUT2D eigenvalue weighted by molar-refractivity contribution is 6.10. The first-order valence-corrected chi connectivity index (χ1v) is 17.7. The Balaban J connectivity index is 1.22. The number of nitrogens with zero attached hydrogens (tertiary/aromatic N) is 3. The van der Waals surface area contributed by atoms with Crippen molar-refractivity contribution in [2.75, 3.05) is 0 Å². The van der Waals surface area contributed by atoms with E-state index >= 15 is 0 Å². The molecular weight excluding hydrogens is 635 g/mol. The normalized spacial score (nSPS) is 12.2. The minimum Gasteiger partial charge on any atom is -0.455 e. The third-order valence-electron chi connectivity index (χ3n) is 10.1. The van der Waals surface area contributed by atoms with E-state index in [0.717, 1.165) is 72.3 Å². The van der Waals surface area contributed by atoms with Gasteiger partial charge in [-0.3, -0.25) is 4.98 Å². The van der Waals surface area contributed by atoms with Gasteiger partial charge in [-0.05, 0) is 73.7 Å². The SMILES string of the molecule is C/C=C\c1c(/C=C/c2cccc3c2oc2ccccc23)c2cc(-n3c4ccccc4c4ccccc43)ccc2n1-c1ccc(-c2ccccn2)cc1. The fraction of sp³-hybridized carbons (Fsp3) is 0.0208. The highest BCUT2D eigenvalue weighted by Gasteiger charge is 2.19. The molecule has 0 saturated carbocycles. The Labute approximate surface area is 300 Å². The van der Waals surface area contributed by atoms with Crippen LogP contribution in [0.15, 0.2) is 168 Å². The van der Waals surface area contributed by atoms with Gasteiger partial charge in [-0.25, -0.2) is 0 Å². The zero-order valence-corrected chi connectivity index (χ0v) is 28.6. The van der Waals surface area contributed by atoms with Gasteiger partial charge in [0, 0.05) is 61.2 Å². The van der Waals surface area contributed by atoms with Crippen molar-refractivity contribution in [1.82, 2.24) is 14.1 Å². The van der Waals surface area contributed by atoms with E-state index in [-0.39, 0.29) is 0 Å². The Morgan fingerprint density at radius 1 is 0.519 bits per heavy atom.